The zero-order valence-electron chi connectivity index (χ0n) is 12.7. The van der Waals surface area contributed by atoms with E-state index in [-0.39, 0.29) is 5.54 Å². The maximum Gasteiger partial charge on any atom is 0.0616 e. The van der Waals surface area contributed by atoms with Crippen LogP contribution in [0, 0.1) is 5.92 Å². The Balaban J connectivity index is 2.01. The molecule has 19 heavy (non-hydrogen) atoms. The number of ether oxygens (including phenoxy) is 2. The Kier molecular flexibility index (Phi) is 5.23. The minimum atomic E-state index is 0.159. The Bertz CT molecular complexity index is 277. The smallest absolute Gasteiger partial charge is 0.0616 e. The van der Waals surface area contributed by atoms with E-state index < -0.39 is 0 Å². The molecule has 4 nitrogen and oxygen atoms in total. The third kappa shape index (κ3) is 3.30. The molecule has 112 valence electrons. The highest BCUT2D eigenvalue weighted by molar-refractivity contribution is 4.98. The first-order valence-electron chi connectivity index (χ1n) is 7.71. The summed E-state index contributed by atoms with van der Waals surface area (Å²) in [4.78, 5) is 2.61. The first-order chi connectivity index (χ1) is 9.11. The zero-order valence-corrected chi connectivity index (χ0v) is 12.7. The molecule has 2 heterocycles. The van der Waals surface area contributed by atoms with Gasteiger partial charge in [0.05, 0.1) is 12.2 Å². The van der Waals surface area contributed by atoms with Crippen LogP contribution in [0.3, 0.4) is 0 Å². The molecule has 2 rings (SSSR count). The van der Waals surface area contributed by atoms with Crippen molar-refractivity contribution >= 4 is 0 Å². The lowest BCUT2D eigenvalue weighted by atomic mass is 9.80. The number of hydrogen-bond donors (Lipinski definition) is 1. The Hall–Kier alpha value is -0.160. The molecular formula is C15H30N2O2. The summed E-state index contributed by atoms with van der Waals surface area (Å²) in [5.74, 6) is 0.572. The summed E-state index contributed by atoms with van der Waals surface area (Å²) in [6.45, 7) is 8.31. The molecular weight excluding hydrogens is 240 g/mol. The predicted molar refractivity (Wildman–Crippen MR) is 77.2 cm³/mol. The van der Waals surface area contributed by atoms with Gasteiger partial charge in [0.15, 0.2) is 0 Å². The molecule has 2 aliphatic heterocycles. The number of hydrogen-bond acceptors (Lipinski definition) is 4. The van der Waals surface area contributed by atoms with Gasteiger partial charge in [-0.25, -0.2) is 0 Å². The molecule has 0 radical (unpaired) electrons. The highest BCUT2D eigenvalue weighted by atomic mass is 16.5. The van der Waals surface area contributed by atoms with Gasteiger partial charge in [-0.05, 0) is 31.6 Å². The fourth-order valence-corrected chi connectivity index (χ4v) is 3.53. The van der Waals surface area contributed by atoms with E-state index in [2.05, 4.69) is 18.7 Å². The Morgan fingerprint density at radius 3 is 2.58 bits per heavy atom. The number of rotatable bonds is 4. The van der Waals surface area contributed by atoms with Crippen molar-refractivity contribution in [2.24, 2.45) is 11.7 Å². The van der Waals surface area contributed by atoms with Crippen molar-refractivity contribution in [3.63, 3.8) is 0 Å². The summed E-state index contributed by atoms with van der Waals surface area (Å²) in [6, 6.07) is 0. The van der Waals surface area contributed by atoms with Crippen LogP contribution in [0.25, 0.3) is 0 Å². The summed E-state index contributed by atoms with van der Waals surface area (Å²) >= 11 is 0. The first kappa shape index (κ1) is 15.2. The van der Waals surface area contributed by atoms with E-state index in [1.165, 1.54) is 0 Å². The van der Waals surface area contributed by atoms with Crippen molar-refractivity contribution in [1.29, 1.82) is 0 Å². The first-order valence-corrected chi connectivity index (χ1v) is 7.71. The fraction of sp³-hybridized carbons (Fsp3) is 1.00. The molecule has 2 N–H and O–H groups in total. The lowest BCUT2D eigenvalue weighted by molar-refractivity contribution is -0.0999. The number of nitrogens with two attached hydrogens (primary N) is 1. The summed E-state index contributed by atoms with van der Waals surface area (Å²) in [7, 11) is 1.82. The molecule has 0 aliphatic carbocycles. The molecule has 0 aromatic rings. The summed E-state index contributed by atoms with van der Waals surface area (Å²) in [5.41, 5.74) is 6.33. The molecule has 2 atom stereocenters. The number of nitrogens with zero attached hydrogens (tertiary/aromatic N) is 1. The van der Waals surface area contributed by atoms with Crippen LogP contribution in [-0.2, 0) is 9.47 Å². The normalized spacial score (nSPS) is 34.9. The van der Waals surface area contributed by atoms with Gasteiger partial charge in [0.2, 0.25) is 0 Å². The van der Waals surface area contributed by atoms with Crippen molar-refractivity contribution in [2.75, 3.05) is 33.4 Å². The number of piperidine rings is 1. The van der Waals surface area contributed by atoms with E-state index in [9.17, 15) is 0 Å². The van der Waals surface area contributed by atoms with Gasteiger partial charge in [0.1, 0.15) is 0 Å². The molecule has 0 amide bonds. The number of methoxy groups -OCH3 is 1. The summed E-state index contributed by atoms with van der Waals surface area (Å²) in [6.07, 6.45) is 5.21. The van der Waals surface area contributed by atoms with E-state index in [4.69, 9.17) is 15.2 Å². The monoisotopic (exact) mass is 270 g/mol. The van der Waals surface area contributed by atoms with E-state index in [1.807, 2.05) is 7.11 Å². The minimum Gasteiger partial charge on any atom is -0.381 e. The van der Waals surface area contributed by atoms with Crippen LogP contribution in [0.2, 0.25) is 0 Å². The molecule has 2 aliphatic rings. The van der Waals surface area contributed by atoms with Crippen LogP contribution in [0.4, 0.5) is 0 Å². The maximum absolute atomic E-state index is 6.17. The Labute approximate surface area is 117 Å². The molecule has 0 saturated carbocycles. The van der Waals surface area contributed by atoms with Crippen molar-refractivity contribution in [3.8, 4) is 0 Å². The van der Waals surface area contributed by atoms with Crippen molar-refractivity contribution in [3.05, 3.63) is 0 Å². The van der Waals surface area contributed by atoms with Gasteiger partial charge in [-0.15, -0.1) is 0 Å². The highest BCUT2D eigenvalue weighted by Gasteiger charge is 2.42. The average molecular weight is 270 g/mol. The lowest BCUT2D eigenvalue weighted by Crippen LogP contribution is -2.61. The second-order valence-electron chi connectivity index (χ2n) is 6.46. The summed E-state index contributed by atoms with van der Waals surface area (Å²) < 4.78 is 11.4. The predicted octanol–water partition coefficient (Wildman–Crippen LogP) is 1.63. The van der Waals surface area contributed by atoms with Crippen LogP contribution >= 0.6 is 0 Å². The molecule has 0 aromatic heterocycles. The van der Waals surface area contributed by atoms with Crippen LogP contribution < -0.4 is 5.73 Å². The second-order valence-corrected chi connectivity index (χ2v) is 6.46. The lowest BCUT2D eigenvalue weighted by Gasteiger charge is -2.51. The van der Waals surface area contributed by atoms with E-state index in [0.717, 1.165) is 51.9 Å². The van der Waals surface area contributed by atoms with Gasteiger partial charge in [-0.2, -0.15) is 0 Å². The third-order valence-corrected chi connectivity index (χ3v) is 5.05. The fourth-order valence-electron chi connectivity index (χ4n) is 3.53. The van der Waals surface area contributed by atoms with Gasteiger partial charge in [0.25, 0.3) is 0 Å². The van der Waals surface area contributed by atoms with Gasteiger partial charge in [0, 0.05) is 38.9 Å². The minimum absolute atomic E-state index is 0.159. The summed E-state index contributed by atoms with van der Waals surface area (Å²) in [5, 5.41) is 0. The van der Waals surface area contributed by atoms with Crippen LogP contribution in [0.5, 0.6) is 0 Å². The van der Waals surface area contributed by atoms with E-state index in [1.54, 1.807) is 0 Å². The molecule has 4 heteroatoms. The molecule has 0 aromatic carbocycles. The quantitative estimate of drug-likeness (QED) is 0.843. The van der Waals surface area contributed by atoms with Crippen molar-refractivity contribution < 1.29 is 9.47 Å². The van der Waals surface area contributed by atoms with Gasteiger partial charge in [-0.1, -0.05) is 13.8 Å². The van der Waals surface area contributed by atoms with Crippen LogP contribution in [0.15, 0.2) is 0 Å². The van der Waals surface area contributed by atoms with Crippen LogP contribution in [-0.4, -0.2) is 56.0 Å². The van der Waals surface area contributed by atoms with Crippen molar-refractivity contribution in [2.45, 2.75) is 57.3 Å². The number of likely N-dealkylation sites (tertiary alicyclic amines) is 1. The van der Waals surface area contributed by atoms with Gasteiger partial charge < -0.3 is 15.2 Å². The average Bonchev–Trinajstić information content (AvgIpc) is 2.47. The Morgan fingerprint density at radius 2 is 2.05 bits per heavy atom. The molecule has 2 fully saturated rings. The molecule has 0 spiro atoms. The maximum atomic E-state index is 6.17. The molecule has 2 unspecified atom stereocenters. The third-order valence-electron chi connectivity index (χ3n) is 5.05. The van der Waals surface area contributed by atoms with Crippen LogP contribution in [0.1, 0.15) is 39.5 Å². The standard InChI is InChI=1S/C15H30N2O2/c1-12(2)14-10-15(11-16,6-9-19-14)17-7-4-13(18-3)5-8-17/h12-14H,4-11,16H2,1-3H3. The Morgan fingerprint density at radius 1 is 1.37 bits per heavy atom. The van der Waals surface area contributed by atoms with E-state index in [0.29, 0.717) is 18.1 Å². The van der Waals surface area contributed by atoms with Gasteiger partial charge >= 0.3 is 0 Å². The van der Waals surface area contributed by atoms with Crippen molar-refractivity contribution in [1.82, 2.24) is 4.90 Å². The van der Waals surface area contributed by atoms with E-state index >= 15 is 0 Å². The second kappa shape index (κ2) is 6.53. The van der Waals surface area contributed by atoms with Gasteiger partial charge in [-0.3, -0.25) is 4.90 Å². The topological polar surface area (TPSA) is 47.7 Å². The molecule has 0 bridgehead atoms. The zero-order chi connectivity index (χ0) is 13.9. The highest BCUT2D eigenvalue weighted by Crippen LogP contribution is 2.35. The molecule has 2 saturated heterocycles. The SMILES string of the molecule is COC1CCN(C2(CN)CCOC(C(C)C)C2)CC1. The largest absolute Gasteiger partial charge is 0.381 e.